The lowest BCUT2D eigenvalue weighted by molar-refractivity contribution is -0.113. The third kappa shape index (κ3) is 5.07. The molecule has 0 N–H and O–H groups in total. The molecule has 0 saturated carbocycles. The number of anilines is 2. The highest BCUT2D eigenvalue weighted by atomic mass is 32.1. The molecule has 0 fully saturated rings. The van der Waals surface area contributed by atoms with Gasteiger partial charge in [0.05, 0.1) is 43.8 Å². The lowest BCUT2D eigenvalue weighted by atomic mass is 10.1. The van der Waals surface area contributed by atoms with Gasteiger partial charge >= 0.3 is 0 Å². The van der Waals surface area contributed by atoms with E-state index in [1.807, 2.05) is 55.5 Å². The van der Waals surface area contributed by atoms with E-state index in [2.05, 4.69) is 0 Å². The van der Waals surface area contributed by atoms with Gasteiger partial charge in [-0.1, -0.05) is 35.6 Å². The van der Waals surface area contributed by atoms with Gasteiger partial charge in [0, 0.05) is 6.08 Å². The third-order valence-electron chi connectivity index (χ3n) is 5.21. The molecule has 180 valence electrons. The largest absolute Gasteiger partial charge is 0.493 e. The number of hydrogen-bond acceptors (Lipinski definition) is 7. The fourth-order valence-electron chi connectivity index (χ4n) is 3.63. The number of amides is 1. The van der Waals surface area contributed by atoms with Crippen molar-refractivity contribution in [1.82, 2.24) is 4.98 Å². The van der Waals surface area contributed by atoms with Crippen molar-refractivity contribution < 1.29 is 23.7 Å². The molecule has 35 heavy (non-hydrogen) atoms. The molecule has 1 heterocycles. The third-order valence-corrected chi connectivity index (χ3v) is 6.23. The number of aromatic nitrogens is 1. The van der Waals surface area contributed by atoms with Crippen LogP contribution in [0.2, 0.25) is 0 Å². The Hall–Kier alpha value is -4.04. The summed E-state index contributed by atoms with van der Waals surface area (Å²) in [6.45, 7) is 2.38. The maximum Gasteiger partial charge on any atom is 0.257 e. The molecule has 8 heteroatoms. The highest BCUT2D eigenvalue weighted by Crippen LogP contribution is 2.40. The standard InChI is InChI=1S/C27H26N2O5S/c1-5-34-21-12-8-7-11-20(21)29(27-28-19-10-6-9-13-24(19)35-27)25(30)15-14-18-16-22(31-2)26(33-4)23(17-18)32-3/h6-17H,5H2,1-4H3/b15-14+. The van der Waals surface area contributed by atoms with Crippen molar-refractivity contribution >= 4 is 44.4 Å². The van der Waals surface area contributed by atoms with E-state index in [1.165, 1.54) is 17.4 Å². The zero-order chi connectivity index (χ0) is 24.8. The Labute approximate surface area is 208 Å². The van der Waals surface area contributed by atoms with Crippen LogP contribution in [-0.4, -0.2) is 38.8 Å². The first kappa shape index (κ1) is 24.1. The molecular weight excluding hydrogens is 464 g/mol. The number of para-hydroxylation sites is 3. The topological polar surface area (TPSA) is 70.1 Å². The van der Waals surface area contributed by atoms with Crippen LogP contribution in [0.3, 0.4) is 0 Å². The predicted octanol–water partition coefficient (Wildman–Crippen LogP) is 6.10. The monoisotopic (exact) mass is 490 g/mol. The molecule has 0 saturated heterocycles. The van der Waals surface area contributed by atoms with Crippen molar-refractivity contribution in [1.29, 1.82) is 0 Å². The molecule has 4 rings (SSSR count). The summed E-state index contributed by atoms with van der Waals surface area (Å²) in [4.78, 5) is 19.9. The van der Waals surface area contributed by atoms with Crippen molar-refractivity contribution in [2.24, 2.45) is 0 Å². The van der Waals surface area contributed by atoms with Crippen LogP contribution >= 0.6 is 11.3 Å². The molecule has 4 aromatic rings. The summed E-state index contributed by atoms with van der Waals surface area (Å²) in [5.41, 5.74) is 2.16. The summed E-state index contributed by atoms with van der Waals surface area (Å²) in [6.07, 6.45) is 3.20. The predicted molar refractivity (Wildman–Crippen MR) is 140 cm³/mol. The minimum atomic E-state index is -0.273. The lowest BCUT2D eigenvalue weighted by Crippen LogP contribution is -2.24. The zero-order valence-electron chi connectivity index (χ0n) is 20.0. The molecule has 1 amide bonds. The molecule has 0 bridgehead atoms. The van der Waals surface area contributed by atoms with Gasteiger partial charge in [0.1, 0.15) is 5.75 Å². The first-order chi connectivity index (χ1) is 17.1. The summed E-state index contributed by atoms with van der Waals surface area (Å²) >= 11 is 1.44. The average Bonchev–Trinajstić information content (AvgIpc) is 3.31. The molecule has 0 spiro atoms. The van der Waals surface area contributed by atoms with Gasteiger partial charge in [0.2, 0.25) is 5.75 Å². The number of benzene rings is 3. The lowest BCUT2D eigenvalue weighted by Gasteiger charge is -2.21. The maximum atomic E-state index is 13.6. The van der Waals surface area contributed by atoms with Gasteiger partial charge in [-0.05, 0) is 55.0 Å². The van der Waals surface area contributed by atoms with Gasteiger partial charge in [-0.2, -0.15) is 0 Å². The summed E-state index contributed by atoms with van der Waals surface area (Å²) in [7, 11) is 4.65. The molecule has 0 aliphatic carbocycles. The van der Waals surface area contributed by atoms with Crippen LogP contribution < -0.4 is 23.8 Å². The first-order valence-corrected chi connectivity index (χ1v) is 11.8. The smallest absolute Gasteiger partial charge is 0.257 e. The number of ether oxygens (including phenoxy) is 4. The Morgan fingerprint density at radius 3 is 2.29 bits per heavy atom. The molecule has 1 aromatic heterocycles. The molecule has 7 nitrogen and oxygen atoms in total. The summed E-state index contributed by atoms with van der Waals surface area (Å²) in [5, 5.41) is 0.554. The number of methoxy groups -OCH3 is 3. The van der Waals surface area contributed by atoms with E-state index in [9.17, 15) is 4.79 Å². The average molecular weight is 491 g/mol. The molecule has 0 atom stereocenters. The van der Waals surface area contributed by atoms with E-state index in [-0.39, 0.29) is 5.91 Å². The van der Waals surface area contributed by atoms with E-state index < -0.39 is 0 Å². The minimum Gasteiger partial charge on any atom is -0.493 e. The van der Waals surface area contributed by atoms with Gasteiger partial charge in [-0.3, -0.25) is 4.79 Å². The van der Waals surface area contributed by atoms with Gasteiger partial charge in [0.15, 0.2) is 16.6 Å². The number of hydrogen-bond donors (Lipinski definition) is 0. The van der Waals surface area contributed by atoms with Gasteiger partial charge in [0.25, 0.3) is 5.91 Å². The van der Waals surface area contributed by atoms with Crippen molar-refractivity contribution in [3.8, 4) is 23.0 Å². The summed E-state index contributed by atoms with van der Waals surface area (Å²) in [6, 6.07) is 18.8. The second-order valence-electron chi connectivity index (χ2n) is 7.33. The number of fused-ring (bicyclic) bond motifs is 1. The summed E-state index contributed by atoms with van der Waals surface area (Å²) < 4.78 is 23.1. The van der Waals surface area contributed by atoms with E-state index in [4.69, 9.17) is 23.9 Å². The highest BCUT2D eigenvalue weighted by molar-refractivity contribution is 7.22. The first-order valence-electron chi connectivity index (χ1n) is 11.0. The Morgan fingerprint density at radius 1 is 0.943 bits per heavy atom. The van der Waals surface area contributed by atoms with Crippen molar-refractivity contribution in [3.05, 3.63) is 72.3 Å². The minimum absolute atomic E-state index is 0.273. The van der Waals surface area contributed by atoms with E-state index >= 15 is 0 Å². The van der Waals surface area contributed by atoms with Crippen LogP contribution in [0.5, 0.6) is 23.0 Å². The van der Waals surface area contributed by atoms with E-state index in [0.717, 1.165) is 15.8 Å². The fourth-order valence-corrected chi connectivity index (χ4v) is 4.62. The second kappa shape index (κ2) is 10.9. The van der Waals surface area contributed by atoms with Crippen LogP contribution in [0.4, 0.5) is 10.8 Å². The zero-order valence-corrected chi connectivity index (χ0v) is 20.8. The second-order valence-corrected chi connectivity index (χ2v) is 8.34. The quantitative estimate of drug-likeness (QED) is 0.264. The van der Waals surface area contributed by atoms with Crippen LogP contribution in [0, 0.1) is 0 Å². The summed E-state index contributed by atoms with van der Waals surface area (Å²) in [5.74, 6) is 1.82. The molecular formula is C27H26N2O5S. The number of nitrogens with zero attached hydrogens (tertiary/aromatic N) is 2. The molecule has 0 aliphatic heterocycles. The number of carbonyl (C=O) groups is 1. The molecule has 0 unspecified atom stereocenters. The number of thiazole rings is 1. The van der Waals surface area contributed by atoms with E-state index in [1.54, 1.807) is 44.4 Å². The molecule has 3 aromatic carbocycles. The molecule has 0 radical (unpaired) electrons. The Kier molecular flexibility index (Phi) is 7.52. The maximum absolute atomic E-state index is 13.6. The van der Waals surface area contributed by atoms with Crippen LogP contribution in [-0.2, 0) is 4.79 Å². The number of rotatable bonds is 9. The Morgan fingerprint density at radius 2 is 1.63 bits per heavy atom. The Bertz CT molecular complexity index is 1310. The van der Waals surface area contributed by atoms with E-state index in [0.29, 0.717) is 40.4 Å². The fraction of sp³-hybridized carbons (Fsp3) is 0.185. The number of carbonyl (C=O) groups excluding carboxylic acids is 1. The van der Waals surface area contributed by atoms with Crippen molar-refractivity contribution in [2.45, 2.75) is 6.92 Å². The van der Waals surface area contributed by atoms with Gasteiger partial charge < -0.3 is 18.9 Å². The van der Waals surface area contributed by atoms with Crippen molar-refractivity contribution in [2.75, 3.05) is 32.8 Å². The SMILES string of the molecule is CCOc1ccccc1N(C(=O)/C=C/c1cc(OC)c(OC)c(OC)c1)c1nc2ccccc2s1. The molecule has 0 aliphatic rings. The van der Waals surface area contributed by atoms with Gasteiger partial charge in [-0.15, -0.1) is 0 Å². The van der Waals surface area contributed by atoms with Crippen LogP contribution in [0.25, 0.3) is 16.3 Å². The van der Waals surface area contributed by atoms with Crippen molar-refractivity contribution in [3.63, 3.8) is 0 Å². The van der Waals surface area contributed by atoms with Crippen LogP contribution in [0.1, 0.15) is 12.5 Å². The normalized spacial score (nSPS) is 11.0. The van der Waals surface area contributed by atoms with Gasteiger partial charge in [-0.25, -0.2) is 9.88 Å². The Balaban J connectivity index is 1.77. The highest BCUT2D eigenvalue weighted by Gasteiger charge is 2.23. The van der Waals surface area contributed by atoms with Crippen LogP contribution in [0.15, 0.2) is 66.7 Å².